The number of nitrogens with zero attached hydrogens (tertiary/aromatic N) is 3. The van der Waals surface area contributed by atoms with Crippen LogP contribution >= 0.6 is 0 Å². The molecule has 1 heterocycles. The number of aryl methyl sites for hydroxylation is 1. The molecule has 3 rings (SSSR count). The van der Waals surface area contributed by atoms with E-state index in [1.165, 1.54) is 32.2 Å². The Morgan fingerprint density at radius 1 is 1.53 bits per heavy atom. The maximum Gasteiger partial charge on any atom is 0.140 e. The van der Waals surface area contributed by atoms with Crippen LogP contribution in [0.5, 0.6) is 0 Å². The highest BCUT2D eigenvalue weighted by Crippen LogP contribution is 2.60. The lowest BCUT2D eigenvalue weighted by Gasteiger charge is -2.14. The van der Waals surface area contributed by atoms with Gasteiger partial charge in [-0.1, -0.05) is 0 Å². The smallest absolute Gasteiger partial charge is 0.140 e. The van der Waals surface area contributed by atoms with E-state index in [1.54, 1.807) is 6.33 Å². The van der Waals surface area contributed by atoms with E-state index in [1.807, 2.05) is 11.7 Å². The largest absolute Gasteiger partial charge is 0.309 e. The number of hydrogen-bond donors (Lipinski definition) is 1. The van der Waals surface area contributed by atoms with Gasteiger partial charge in [-0.25, -0.2) is 4.98 Å². The van der Waals surface area contributed by atoms with E-state index in [0.717, 1.165) is 18.3 Å². The Labute approximate surface area is 90.1 Å². The van der Waals surface area contributed by atoms with Crippen molar-refractivity contribution in [1.29, 1.82) is 0 Å². The molecular formula is C11H18N4. The zero-order valence-electron chi connectivity index (χ0n) is 9.24. The Bertz CT molecular complexity index is 349. The van der Waals surface area contributed by atoms with Gasteiger partial charge in [0, 0.05) is 13.6 Å². The molecule has 0 bridgehead atoms. The zero-order valence-corrected chi connectivity index (χ0v) is 9.24. The van der Waals surface area contributed by atoms with E-state index in [2.05, 4.69) is 15.4 Å². The molecule has 1 N–H and O–H groups in total. The molecule has 2 aliphatic carbocycles. The molecule has 0 aromatic carbocycles. The van der Waals surface area contributed by atoms with Gasteiger partial charge in [-0.3, -0.25) is 4.68 Å². The van der Waals surface area contributed by atoms with Gasteiger partial charge in [0.25, 0.3) is 0 Å². The molecule has 1 aromatic heterocycles. The minimum Gasteiger partial charge on any atom is -0.309 e. The Hall–Kier alpha value is -0.900. The molecular weight excluding hydrogens is 188 g/mol. The van der Waals surface area contributed by atoms with Crippen LogP contribution in [0.15, 0.2) is 6.33 Å². The molecule has 0 atom stereocenters. The fourth-order valence-electron chi connectivity index (χ4n) is 2.49. The molecule has 0 unspecified atom stereocenters. The number of rotatable bonds is 5. The molecule has 0 amide bonds. The van der Waals surface area contributed by atoms with Crippen LogP contribution in [0.3, 0.4) is 0 Å². The van der Waals surface area contributed by atoms with Crippen molar-refractivity contribution in [3.05, 3.63) is 12.2 Å². The zero-order chi connectivity index (χ0) is 10.3. The Balaban J connectivity index is 1.49. The normalized spacial score (nSPS) is 23.0. The van der Waals surface area contributed by atoms with Crippen LogP contribution in [0.4, 0.5) is 0 Å². The van der Waals surface area contributed by atoms with Gasteiger partial charge in [0.2, 0.25) is 0 Å². The van der Waals surface area contributed by atoms with Crippen molar-refractivity contribution in [2.45, 2.75) is 32.2 Å². The summed E-state index contributed by atoms with van der Waals surface area (Å²) in [7, 11) is 1.94. The van der Waals surface area contributed by atoms with E-state index >= 15 is 0 Å². The number of aromatic nitrogens is 3. The van der Waals surface area contributed by atoms with Gasteiger partial charge in [0.1, 0.15) is 12.2 Å². The average molecular weight is 206 g/mol. The van der Waals surface area contributed by atoms with E-state index in [4.69, 9.17) is 0 Å². The van der Waals surface area contributed by atoms with E-state index in [-0.39, 0.29) is 0 Å². The van der Waals surface area contributed by atoms with Crippen LogP contribution in [0.25, 0.3) is 0 Å². The van der Waals surface area contributed by atoms with Crippen LogP contribution < -0.4 is 5.32 Å². The lowest BCUT2D eigenvalue weighted by molar-refractivity contribution is 0.399. The summed E-state index contributed by atoms with van der Waals surface area (Å²) < 4.78 is 1.84. The standard InChI is InChI=1S/C11H18N4/c1-15-10(13-8-14-15)6-12-7-11(4-5-11)9-2-3-9/h8-9,12H,2-7H2,1H3. The highest BCUT2D eigenvalue weighted by molar-refractivity contribution is 5.05. The number of nitrogens with one attached hydrogen (secondary N) is 1. The minimum atomic E-state index is 0.679. The lowest BCUT2D eigenvalue weighted by Crippen LogP contribution is -2.26. The van der Waals surface area contributed by atoms with Crippen molar-refractivity contribution < 1.29 is 0 Å². The first-order chi connectivity index (χ1) is 7.30. The third-order valence-corrected chi connectivity index (χ3v) is 3.90. The summed E-state index contributed by atoms with van der Waals surface area (Å²) in [5.41, 5.74) is 0.679. The van der Waals surface area contributed by atoms with E-state index in [9.17, 15) is 0 Å². The molecule has 82 valence electrons. The van der Waals surface area contributed by atoms with Gasteiger partial charge in [0.05, 0.1) is 6.54 Å². The highest BCUT2D eigenvalue weighted by atomic mass is 15.3. The SMILES string of the molecule is Cn1ncnc1CNCC1(C2CC2)CC1. The summed E-state index contributed by atoms with van der Waals surface area (Å²) in [6.45, 7) is 2.02. The van der Waals surface area contributed by atoms with Gasteiger partial charge in [0.15, 0.2) is 0 Å². The van der Waals surface area contributed by atoms with E-state index < -0.39 is 0 Å². The quantitative estimate of drug-likeness (QED) is 0.784. The fourth-order valence-corrected chi connectivity index (χ4v) is 2.49. The molecule has 4 heteroatoms. The monoisotopic (exact) mass is 206 g/mol. The maximum absolute atomic E-state index is 4.21. The molecule has 0 aliphatic heterocycles. The third-order valence-electron chi connectivity index (χ3n) is 3.90. The van der Waals surface area contributed by atoms with Crippen LogP contribution in [0.1, 0.15) is 31.5 Å². The first-order valence-corrected chi connectivity index (χ1v) is 5.84. The predicted molar refractivity (Wildman–Crippen MR) is 57.1 cm³/mol. The van der Waals surface area contributed by atoms with Gasteiger partial charge in [-0.05, 0) is 37.0 Å². The van der Waals surface area contributed by atoms with Crippen molar-refractivity contribution in [1.82, 2.24) is 20.1 Å². The van der Waals surface area contributed by atoms with E-state index in [0.29, 0.717) is 5.41 Å². The van der Waals surface area contributed by atoms with Crippen LogP contribution in [0, 0.1) is 11.3 Å². The average Bonchev–Trinajstić information content (AvgIpc) is 3.10. The van der Waals surface area contributed by atoms with Crippen molar-refractivity contribution in [3.63, 3.8) is 0 Å². The van der Waals surface area contributed by atoms with Crippen molar-refractivity contribution in [2.75, 3.05) is 6.54 Å². The first-order valence-electron chi connectivity index (χ1n) is 5.84. The molecule has 2 saturated carbocycles. The second-order valence-corrected chi connectivity index (χ2v) is 5.04. The summed E-state index contributed by atoms with van der Waals surface area (Å²) in [5.74, 6) is 2.06. The topological polar surface area (TPSA) is 42.7 Å². The molecule has 0 spiro atoms. The summed E-state index contributed by atoms with van der Waals surface area (Å²) >= 11 is 0. The summed E-state index contributed by atoms with van der Waals surface area (Å²) in [5, 5.41) is 7.59. The molecule has 0 radical (unpaired) electrons. The van der Waals surface area contributed by atoms with Crippen molar-refractivity contribution in [3.8, 4) is 0 Å². The van der Waals surface area contributed by atoms with Crippen LogP contribution in [-0.2, 0) is 13.6 Å². The highest BCUT2D eigenvalue weighted by Gasteiger charge is 2.53. The number of hydrogen-bond acceptors (Lipinski definition) is 3. The summed E-state index contributed by atoms with van der Waals surface area (Å²) in [6.07, 6.45) is 7.41. The van der Waals surface area contributed by atoms with Crippen molar-refractivity contribution in [2.24, 2.45) is 18.4 Å². The molecule has 2 fully saturated rings. The molecule has 0 saturated heterocycles. The van der Waals surface area contributed by atoms with Crippen LogP contribution in [0.2, 0.25) is 0 Å². The Kier molecular flexibility index (Phi) is 2.06. The van der Waals surface area contributed by atoms with Gasteiger partial charge in [-0.15, -0.1) is 0 Å². The fraction of sp³-hybridized carbons (Fsp3) is 0.818. The predicted octanol–water partition coefficient (Wildman–Crippen LogP) is 1.09. The second-order valence-electron chi connectivity index (χ2n) is 5.04. The third kappa shape index (κ3) is 1.78. The van der Waals surface area contributed by atoms with Crippen molar-refractivity contribution >= 4 is 0 Å². The molecule has 1 aromatic rings. The second kappa shape index (κ2) is 3.30. The molecule has 2 aliphatic rings. The Morgan fingerprint density at radius 2 is 2.33 bits per heavy atom. The maximum atomic E-state index is 4.21. The summed E-state index contributed by atoms with van der Waals surface area (Å²) in [4.78, 5) is 4.21. The molecule has 15 heavy (non-hydrogen) atoms. The first kappa shape index (κ1) is 9.33. The van der Waals surface area contributed by atoms with Gasteiger partial charge < -0.3 is 5.32 Å². The minimum absolute atomic E-state index is 0.679. The Morgan fingerprint density at radius 3 is 2.87 bits per heavy atom. The van der Waals surface area contributed by atoms with Crippen LogP contribution in [-0.4, -0.2) is 21.3 Å². The van der Waals surface area contributed by atoms with Gasteiger partial charge in [-0.2, -0.15) is 5.10 Å². The summed E-state index contributed by atoms with van der Waals surface area (Å²) in [6, 6.07) is 0. The molecule has 4 nitrogen and oxygen atoms in total. The van der Waals surface area contributed by atoms with Gasteiger partial charge >= 0.3 is 0 Å². The lowest BCUT2D eigenvalue weighted by atomic mass is 10.0.